The largest absolute Gasteiger partial charge is 0.344 e. The van der Waals surface area contributed by atoms with Gasteiger partial charge in [-0.15, -0.1) is 5.10 Å². The molecule has 2 aromatic heterocycles. The number of nitro groups is 1. The van der Waals surface area contributed by atoms with Crippen LogP contribution in [0, 0.1) is 10.1 Å². The molecule has 0 aliphatic carbocycles. The highest BCUT2D eigenvalue weighted by atomic mass is 32.2. The van der Waals surface area contributed by atoms with Gasteiger partial charge in [0.05, 0.1) is 15.5 Å². The Balaban J connectivity index is 1.88. The lowest BCUT2D eigenvalue weighted by molar-refractivity contribution is -0.380. The van der Waals surface area contributed by atoms with Gasteiger partial charge in [-0.2, -0.15) is 4.68 Å². The van der Waals surface area contributed by atoms with Crippen LogP contribution in [0.1, 0.15) is 0 Å². The van der Waals surface area contributed by atoms with E-state index < -0.39 is 14.9 Å². The van der Waals surface area contributed by atoms with Crippen molar-refractivity contribution < 1.29 is 13.3 Å². The number of nitrogens with zero attached hydrogens (tertiary/aromatic N) is 6. The molecule has 0 unspecified atom stereocenters. The molecule has 0 fully saturated rings. The van der Waals surface area contributed by atoms with Crippen molar-refractivity contribution in [2.75, 3.05) is 0 Å². The summed E-state index contributed by atoms with van der Waals surface area (Å²) in [6, 6.07) is 5.64. The molecule has 24 heavy (non-hydrogen) atoms. The summed E-state index contributed by atoms with van der Waals surface area (Å²) < 4.78 is 24.3. The quantitative estimate of drug-likeness (QED) is 0.495. The number of rotatable bonds is 5. The van der Waals surface area contributed by atoms with Crippen LogP contribution in [0.2, 0.25) is 0 Å². The van der Waals surface area contributed by atoms with Gasteiger partial charge in [0.15, 0.2) is 4.34 Å². The van der Waals surface area contributed by atoms with Crippen LogP contribution in [-0.2, 0) is 10.0 Å². The maximum Gasteiger partial charge on any atom is 0.344 e. The zero-order valence-electron chi connectivity index (χ0n) is 11.5. The first-order chi connectivity index (χ1) is 11.3. The fraction of sp³-hybridized carbons (Fsp3) is 0. The summed E-state index contributed by atoms with van der Waals surface area (Å²) in [5, 5.41) is 27.2. The van der Waals surface area contributed by atoms with Crippen LogP contribution >= 0.6 is 23.1 Å². The van der Waals surface area contributed by atoms with Crippen LogP contribution in [0.3, 0.4) is 0 Å². The molecule has 0 bridgehead atoms. The summed E-state index contributed by atoms with van der Waals surface area (Å²) >= 11 is 1.95. The molecule has 0 saturated carbocycles. The molecule has 14 heteroatoms. The summed E-state index contributed by atoms with van der Waals surface area (Å²) in [5.74, 6) is 0. The van der Waals surface area contributed by atoms with Crippen LogP contribution in [0.4, 0.5) is 5.00 Å². The van der Waals surface area contributed by atoms with E-state index in [9.17, 15) is 18.5 Å². The second-order valence-electron chi connectivity index (χ2n) is 4.24. The number of sulfonamides is 1. The van der Waals surface area contributed by atoms with Crippen molar-refractivity contribution in [2.45, 2.75) is 14.4 Å². The van der Waals surface area contributed by atoms with E-state index in [1.807, 2.05) is 0 Å². The van der Waals surface area contributed by atoms with Crippen molar-refractivity contribution in [1.82, 2.24) is 25.2 Å². The second kappa shape index (κ2) is 6.23. The smallest absolute Gasteiger partial charge is 0.257 e. The van der Waals surface area contributed by atoms with Crippen LogP contribution in [0.5, 0.6) is 0 Å². The van der Waals surface area contributed by atoms with Gasteiger partial charge in [-0.25, -0.2) is 18.5 Å². The van der Waals surface area contributed by atoms with Gasteiger partial charge < -0.3 is 0 Å². The van der Waals surface area contributed by atoms with Gasteiger partial charge in [0.1, 0.15) is 6.20 Å². The summed E-state index contributed by atoms with van der Waals surface area (Å²) in [4.78, 5) is 14.0. The van der Waals surface area contributed by atoms with E-state index in [0.717, 1.165) is 29.3 Å². The standard InChI is InChI=1S/C10H7N7O4S3/c11-24(20,21)7-3-1-6(2-4-7)16-9(13-14-15-16)23-10-12-5-8(22-10)17(18)19/h1-5H,(H2,11,20,21). The van der Waals surface area contributed by atoms with Crippen molar-refractivity contribution in [2.24, 2.45) is 5.14 Å². The predicted molar refractivity (Wildman–Crippen MR) is 83.4 cm³/mol. The van der Waals surface area contributed by atoms with Gasteiger partial charge in [-0.1, -0.05) is 0 Å². The van der Waals surface area contributed by atoms with Crippen molar-refractivity contribution in [3.63, 3.8) is 0 Å². The molecule has 0 spiro atoms. The van der Waals surface area contributed by atoms with Gasteiger partial charge in [0.25, 0.3) is 0 Å². The van der Waals surface area contributed by atoms with Gasteiger partial charge in [-0.05, 0) is 57.8 Å². The Hall–Kier alpha value is -2.42. The Morgan fingerprint density at radius 3 is 2.58 bits per heavy atom. The molecule has 0 saturated heterocycles. The number of aromatic nitrogens is 5. The summed E-state index contributed by atoms with van der Waals surface area (Å²) in [6.07, 6.45) is 1.15. The summed E-state index contributed by atoms with van der Waals surface area (Å²) in [7, 11) is -3.79. The maximum absolute atomic E-state index is 11.3. The Morgan fingerprint density at radius 2 is 2.00 bits per heavy atom. The highest BCUT2D eigenvalue weighted by Crippen LogP contribution is 2.33. The van der Waals surface area contributed by atoms with Crippen LogP contribution in [0.25, 0.3) is 5.69 Å². The second-order valence-corrected chi connectivity index (χ2v) is 8.02. The molecular weight excluding hydrogens is 378 g/mol. The van der Waals surface area contributed by atoms with Crippen molar-refractivity contribution in [3.8, 4) is 5.69 Å². The monoisotopic (exact) mass is 385 g/mol. The predicted octanol–water partition coefficient (Wildman–Crippen LogP) is 0.826. The molecule has 0 amide bonds. The number of nitrogens with two attached hydrogens (primary N) is 1. The number of tetrazole rings is 1. The average molecular weight is 385 g/mol. The van der Waals surface area contributed by atoms with E-state index in [1.54, 1.807) is 0 Å². The van der Waals surface area contributed by atoms with Gasteiger partial charge >= 0.3 is 5.00 Å². The molecule has 3 rings (SSSR count). The number of primary sulfonamides is 1. The number of thiazole rings is 1. The molecule has 2 N–H and O–H groups in total. The van der Waals surface area contributed by atoms with Crippen LogP contribution < -0.4 is 5.14 Å². The van der Waals surface area contributed by atoms with E-state index in [0.29, 0.717) is 15.2 Å². The van der Waals surface area contributed by atoms with E-state index in [1.165, 1.54) is 28.9 Å². The fourth-order valence-corrected chi connectivity index (χ4v) is 3.83. The highest BCUT2D eigenvalue weighted by Gasteiger charge is 2.17. The Morgan fingerprint density at radius 1 is 1.29 bits per heavy atom. The third-order valence-electron chi connectivity index (χ3n) is 2.68. The zero-order valence-corrected chi connectivity index (χ0v) is 14.0. The van der Waals surface area contributed by atoms with E-state index in [-0.39, 0.29) is 9.90 Å². The molecule has 0 aliphatic heterocycles. The normalized spacial score (nSPS) is 11.5. The SMILES string of the molecule is NS(=O)(=O)c1ccc(-n2nnnc2Sc2ncc([N+](=O)[O-])s2)cc1. The molecule has 1 aromatic carbocycles. The molecule has 0 atom stereocenters. The minimum Gasteiger partial charge on any atom is -0.257 e. The van der Waals surface area contributed by atoms with Crippen molar-refractivity contribution in [3.05, 3.63) is 40.6 Å². The van der Waals surface area contributed by atoms with Gasteiger partial charge in [0, 0.05) is 0 Å². The summed E-state index contributed by atoms with van der Waals surface area (Å²) in [5.41, 5.74) is 0.501. The maximum atomic E-state index is 11.3. The molecule has 11 nitrogen and oxygen atoms in total. The topological polar surface area (TPSA) is 160 Å². The molecule has 0 radical (unpaired) electrons. The minimum atomic E-state index is -3.79. The van der Waals surface area contributed by atoms with Gasteiger partial charge in [-0.3, -0.25) is 10.1 Å². The van der Waals surface area contributed by atoms with Gasteiger partial charge in [0.2, 0.25) is 15.2 Å². The molecule has 124 valence electrons. The number of hydrogen-bond acceptors (Lipinski definition) is 10. The lowest BCUT2D eigenvalue weighted by atomic mass is 10.3. The first-order valence-corrected chi connectivity index (χ1v) is 9.22. The first kappa shape index (κ1) is 16.4. The Kier molecular flexibility index (Phi) is 4.27. The number of hydrogen-bond donors (Lipinski definition) is 1. The van der Waals surface area contributed by atoms with E-state index in [4.69, 9.17) is 5.14 Å². The van der Waals surface area contributed by atoms with E-state index in [2.05, 4.69) is 20.5 Å². The molecule has 0 aliphatic rings. The third kappa shape index (κ3) is 3.40. The van der Waals surface area contributed by atoms with Crippen LogP contribution in [0.15, 0.2) is 44.9 Å². The van der Waals surface area contributed by atoms with E-state index >= 15 is 0 Å². The lowest BCUT2D eigenvalue weighted by Gasteiger charge is -2.04. The Bertz CT molecular complexity index is 996. The fourth-order valence-electron chi connectivity index (χ4n) is 1.64. The number of benzene rings is 1. The van der Waals surface area contributed by atoms with Crippen LogP contribution in [-0.4, -0.2) is 38.5 Å². The highest BCUT2D eigenvalue weighted by molar-refractivity contribution is 8.00. The minimum absolute atomic E-state index is 0.0379. The summed E-state index contributed by atoms with van der Waals surface area (Å²) in [6.45, 7) is 0. The lowest BCUT2D eigenvalue weighted by Crippen LogP contribution is -2.12. The third-order valence-corrected chi connectivity index (χ3v) is 5.57. The van der Waals surface area contributed by atoms with Crippen molar-refractivity contribution in [1.29, 1.82) is 0 Å². The molecular formula is C10H7N7O4S3. The van der Waals surface area contributed by atoms with Crippen molar-refractivity contribution >= 4 is 38.1 Å². The average Bonchev–Trinajstić information content (AvgIpc) is 3.16. The molecule has 3 aromatic rings. The first-order valence-electron chi connectivity index (χ1n) is 6.04. The molecule has 2 heterocycles. The Labute approximate surface area is 142 Å². The zero-order chi connectivity index (χ0) is 17.3.